The minimum absolute atomic E-state index is 0.0142. The van der Waals surface area contributed by atoms with E-state index in [1.807, 2.05) is 0 Å². The first-order valence-corrected chi connectivity index (χ1v) is 4.80. The predicted octanol–water partition coefficient (Wildman–Crippen LogP) is 1.53. The van der Waals surface area contributed by atoms with Crippen molar-refractivity contribution in [2.24, 2.45) is 5.92 Å². The lowest BCUT2D eigenvalue weighted by Gasteiger charge is -2.18. The maximum atomic E-state index is 10.9. The Bertz CT molecular complexity index is 162. The largest absolute Gasteiger partial charge is 0.471 e. The van der Waals surface area contributed by atoms with E-state index in [9.17, 15) is 4.79 Å². The number of esters is 1. The molecule has 0 aromatic heterocycles. The highest BCUT2D eigenvalue weighted by Crippen LogP contribution is 2.24. The molecule has 4 nitrogen and oxygen atoms in total. The summed E-state index contributed by atoms with van der Waals surface area (Å²) in [5.74, 6) is 0.193. The predicted molar refractivity (Wildman–Crippen MR) is 51.7 cm³/mol. The summed E-state index contributed by atoms with van der Waals surface area (Å²) in [4.78, 5) is 19.9. The van der Waals surface area contributed by atoms with Gasteiger partial charge in [-0.05, 0) is 12.8 Å². The normalized spacial score (nSPS) is 16.1. The summed E-state index contributed by atoms with van der Waals surface area (Å²) in [6.07, 6.45) is 5.74. The minimum Gasteiger partial charge on any atom is -0.471 e. The van der Waals surface area contributed by atoms with Gasteiger partial charge in [-0.25, -0.2) is 0 Å². The summed E-state index contributed by atoms with van der Waals surface area (Å²) in [6, 6.07) is 0. The lowest BCUT2D eigenvalue weighted by Crippen LogP contribution is -2.18. The van der Waals surface area contributed by atoms with Crippen LogP contribution in [0.25, 0.3) is 0 Å². The molecule has 0 aliphatic heterocycles. The van der Waals surface area contributed by atoms with Crippen LogP contribution >= 0.6 is 0 Å². The van der Waals surface area contributed by atoms with Crippen LogP contribution in [0.5, 0.6) is 0 Å². The first kappa shape index (κ1) is 12.9. The van der Waals surface area contributed by atoms with E-state index in [0.29, 0.717) is 6.47 Å². The number of ether oxygens (including phenoxy) is 2. The van der Waals surface area contributed by atoms with Crippen LogP contribution in [0.1, 0.15) is 32.1 Å². The van der Waals surface area contributed by atoms with Crippen molar-refractivity contribution < 1.29 is 19.1 Å². The smallest absolute Gasteiger partial charge is 0.308 e. The van der Waals surface area contributed by atoms with Crippen LogP contribution in [-0.4, -0.2) is 26.7 Å². The first-order chi connectivity index (χ1) is 6.76. The Morgan fingerprint density at radius 3 is 2.07 bits per heavy atom. The zero-order valence-corrected chi connectivity index (χ0v) is 8.82. The first-order valence-electron chi connectivity index (χ1n) is 4.80. The molecule has 0 spiro atoms. The lowest BCUT2D eigenvalue weighted by molar-refractivity contribution is -0.146. The molecule has 4 heteroatoms. The van der Waals surface area contributed by atoms with Crippen LogP contribution in [0.3, 0.4) is 0 Å². The molecule has 1 saturated carbocycles. The van der Waals surface area contributed by atoms with E-state index in [2.05, 4.69) is 9.47 Å². The number of carbonyl (C=O) groups excluding carboxylic acids is 2. The molecule has 0 N–H and O–H groups in total. The highest BCUT2D eigenvalue weighted by atomic mass is 16.5. The Hall–Kier alpha value is -1.06. The van der Waals surface area contributed by atoms with E-state index in [0.717, 1.165) is 12.8 Å². The quantitative estimate of drug-likeness (QED) is 0.503. The molecule has 0 aromatic carbocycles. The number of rotatable bonds is 2. The van der Waals surface area contributed by atoms with Crippen LogP contribution in [0, 0.1) is 5.92 Å². The Morgan fingerprint density at radius 2 is 1.71 bits per heavy atom. The van der Waals surface area contributed by atoms with Gasteiger partial charge in [0, 0.05) is 0 Å². The van der Waals surface area contributed by atoms with Crippen LogP contribution in [0.15, 0.2) is 0 Å². The van der Waals surface area contributed by atoms with Crippen LogP contribution in [0.2, 0.25) is 0 Å². The maximum Gasteiger partial charge on any atom is 0.308 e. The van der Waals surface area contributed by atoms with Gasteiger partial charge < -0.3 is 9.47 Å². The van der Waals surface area contributed by atoms with E-state index >= 15 is 0 Å². The highest BCUT2D eigenvalue weighted by molar-refractivity contribution is 5.72. The molecule has 82 valence electrons. The van der Waals surface area contributed by atoms with Gasteiger partial charge >= 0.3 is 5.97 Å². The number of hydrogen-bond acceptors (Lipinski definition) is 4. The molecule has 1 aliphatic carbocycles. The second-order valence-electron chi connectivity index (χ2n) is 3.19. The number of hydrogen-bond donors (Lipinski definition) is 0. The molecular weight excluding hydrogens is 184 g/mol. The molecule has 0 unspecified atom stereocenters. The molecule has 0 radical (unpaired) electrons. The lowest BCUT2D eigenvalue weighted by atomic mass is 9.89. The van der Waals surface area contributed by atoms with Crippen molar-refractivity contribution in [3.05, 3.63) is 0 Å². The molecule has 0 saturated heterocycles. The molecule has 0 heterocycles. The molecule has 1 rings (SSSR count). The topological polar surface area (TPSA) is 52.6 Å². The fraction of sp³-hybridized carbons (Fsp3) is 0.800. The monoisotopic (exact) mass is 202 g/mol. The van der Waals surface area contributed by atoms with Crippen molar-refractivity contribution in [3.8, 4) is 0 Å². The fourth-order valence-corrected chi connectivity index (χ4v) is 1.50. The zero-order valence-electron chi connectivity index (χ0n) is 8.82. The average Bonchev–Trinajstić information content (AvgIpc) is 2.29. The SMILES string of the molecule is COC(=O)C1CCCCC1.COC=O. The van der Waals surface area contributed by atoms with E-state index in [-0.39, 0.29) is 11.9 Å². The average molecular weight is 202 g/mol. The number of carbonyl (C=O) groups is 2. The van der Waals surface area contributed by atoms with Gasteiger partial charge in [-0.1, -0.05) is 19.3 Å². The summed E-state index contributed by atoms with van der Waals surface area (Å²) in [5, 5.41) is 0. The highest BCUT2D eigenvalue weighted by Gasteiger charge is 2.20. The van der Waals surface area contributed by atoms with Gasteiger partial charge in [0.05, 0.1) is 20.1 Å². The summed E-state index contributed by atoms with van der Waals surface area (Å²) in [6.45, 7) is 0.375. The Labute approximate surface area is 84.6 Å². The molecular formula is C10H18O4. The van der Waals surface area contributed by atoms with Crippen LogP contribution in [0.4, 0.5) is 0 Å². The van der Waals surface area contributed by atoms with Crippen molar-refractivity contribution in [2.45, 2.75) is 32.1 Å². The zero-order chi connectivity index (χ0) is 10.8. The summed E-state index contributed by atoms with van der Waals surface area (Å²) >= 11 is 0. The molecule has 0 amide bonds. The van der Waals surface area contributed by atoms with Crippen LogP contribution in [-0.2, 0) is 19.1 Å². The van der Waals surface area contributed by atoms with E-state index in [1.165, 1.54) is 33.5 Å². The fourth-order valence-electron chi connectivity index (χ4n) is 1.50. The van der Waals surface area contributed by atoms with Gasteiger partial charge in [0.25, 0.3) is 6.47 Å². The van der Waals surface area contributed by atoms with Gasteiger partial charge in [0.1, 0.15) is 0 Å². The van der Waals surface area contributed by atoms with Crippen molar-refractivity contribution in [3.63, 3.8) is 0 Å². The second kappa shape index (κ2) is 8.53. The summed E-state index contributed by atoms with van der Waals surface area (Å²) < 4.78 is 8.51. The van der Waals surface area contributed by atoms with Gasteiger partial charge in [0.15, 0.2) is 0 Å². The molecule has 1 aliphatic rings. The Morgan fingerprint density at radius 1 is 1.21 bits per heavy atom. The van der Waals surface area contributed by atoms with Crippen molar-refractivity contribution >= 4 is 12.4 Å². The number of methoxy groups -OCH3 is 2. The minimum atomic E-state index is -0.0142. The van der Waals surface area contributed by atoms with E-state index in [1.54, 1.807) is 0 Å². The molecule has 0 atom stereocenters. The van der Waals surface area contributed by atoms with Crippen LogP contribution < -0.4 is 0 Å². The standard InChI is InChI=1S/C8H14O2.C2H4O2/c1-10-8(9)7-5-3-2-4-6-7;1-4-2-3/h7H,2-6H2,1H3;2H,1H3. The van der Waals surface area contributed by atoms with Gasteiger partial charge in [-0.15, -0.1) is 0 Å². The van der Waals surface area contributed by atoms with Crippen molar-refractivity contribution in [1.29, 1.82) is 0 Å². The summed E-state index contributed by atoms with van der Waals surface area (Å²) in [5.41, 5.74) is 0. The second-order valence-corrected chi connectivity index (χ2v) is 3.19. The van der Waals surface area contributed by atoms with Gasteiger partial charge in [-0.3, -0.25) is 9.59 Å². The van der Waals surface area contributed by atoms with Crippen molar-refractivity contribution in [2.75, 3.05) is 14.2 Å². The van der Waals surface area contributed by atoms with Crippen molar-refractivity contribution in [1.82, 2.24) is 0 Å². The maximum absolute atomic E-state index is 10.9. The molecule has 0 bridgehead atoms. The van der Waals surface area contributed by atoms with E-state index < -0.39 is 0 Å². The molecule has 0 aromatic rings. The third-order valence-corrected chi connectivity index (χ3v) is 2.24. The summed E-state index contributed by atoms with van der Waals surface area (Å²) in [7, 11) is 2.78. The third kappa shape index (κ3) is 5.56. The molecule has 1 fully saturated rings. The van der Waals surface area contributed by atoms with E-state index in [4.69, 9.17) is 4.79 Å². The Balaban J connectivity index is 0.000000364. The third-order valence-electron chi connectivity index (χ3n) is 2.24. The van der Waals surface area contributed by atoms with Gasteiger partial charge in [-0.2, -0.15) is 0 Å². The Kier molecular flexibility index (Phi) is 7.89. The van der Waals surface area contributed by atoms with Gasteiger partial charge in [0.2, 0.25) is 0 Å². The molecule has 14 heavy (non-hydrogen) atoms.